The van der Waals surface area contributed by atoms with E-state index in [1.165, 1.54) is 10.6 Å². The molecule has 2 rings (SSSR count). The number of thiazole rings is 1. The summed E-state index contributed by atoms with van der Waals surface area (Å²) >= 11 is 1.77. The second kappa shape index (κ2) is 5.70. The van der Waals surface area contributed by atoms with Crippen molar-refractivity contribution in [3.05, 3.63) is 28.7 Å². The molecule has 4 heteroatoms. The molecule has 0 aliphatic rings. The van der Waals surface area contributed by atoms with Crippen LogP contribution in [0, 0.1) is 6.92 Å². The van der Waals surface area contributed by atoms with E-state index in [9.17, 15) is 0 Å². The third-order valence-electron chi connectivity index (χ3n) is 3.17. The van der Waals surface area contributed by atoms with Crippen LogP contribution in [0.15, 0.2) is 16.7 Å². The molecule has 0 unspecified atom stereocenters. The van der Waals surface area contributed by atoms with Crippen LogP contribution in [0.4, 0.5) is 0 Å². The summed E-state index contributed by atoms with van der Waals surface area (Å²) in [6.45, 7) is 13.8. The molecule has 0 bridgehead atoms. The number of hydrogen-bond acceptors (Lipinski definition) is 4. The van der Waals surface area contributed by atoms with E-state index in [0.29, 0.717) is 6.04 Å². The Hall–Kier alpha value is -1.13. The van der Waals surface area contributed by atoms with Gasteiger partial charge in [0.25, 0.3) is 0 Å². The minimum Gasteiger partial charge on any atom is -0.469 e. The number of rotatable bonds is 4. The smallest absolute Gasteiger partial charge is 0.127 e. The topological polar surface area (TPSA) is 38.1 Å². The Morgan fingerprint density at radius 2 is 2.05 bits per heavy atom. The summed E-state index contributed by atoms with van der Waals surface area (Å²) in [6.07, 6.45) is 1.73. The van der Waals surface area contributed by atoms with Crippen molar-refractivity contribution in [2.75, 3.05) is 0 Å². The first-order chi connectivity index (χ1) is 9.29. The predicted molar refractivity (Wildman–Crippen MR) is 85.2 cm³/mol. The Morgan fingerprint density at radius 1 is 1.35 bits per heavy atom. The summed E-state index contributed by atoms with van der Waals surface area (Å²) in [5.74, 6) is 0.933. The van der Waals surface area contributed by atoms with Gasteiger partial charge in [-0.25, -0.2) is 4.98 Å². The predicted octanol–water partition coefficient (Wildman–Crippen LogP) is 4.51. The minimum atomic E-state index is 0.0559. The van der Waals surface area contributed by atoms with Crippen molar-refractivity contribution in [1.29, 1.82) is 0 Å². The first kappa shape index (κ1) is 15.3. The van der Waals surface area contributed by atoms with Gasteiger partial charge in [-0.05, 0) is 13.0 Å². The van der Waals surface area contributed by atoms with Gasteiger partial charge in [0.05, 0.1) is 17.5 Å². The first-order valence-electron chi connectivity index (χ1n) is 7.07. The van der Waals surface area contributed by atoms with E-state index in [1.54, 1.807) is 17.6 Å². The standard InChI is InChI=1S/C16H24N2OS/c1-10(2)17-9-13-14(16(4,5)6)18-15(20-13)12-7-8-19-11(12)3/h7-8,10,17H,9H2,1-6H3. The zero-order valence-electron chi connectivity index (χ0n) is 13.2. The Kier molecular flexibility index (Phi) is 4.35. The summed E-state index contributed by atoms with van der Waals surface area (Å²) in [6, 6.07) is 2.48. The fraction of sp³-hybridized carbons (Fsp3) is 0.562. The maximum Gasteiger partial charge on any atom is 0.127 e. The van der Waals surface area contributed by atoms with E-state index in [0.717, 1.165) is 22.9 Å². The molecule has 2 aromatic heterocycles. The molecule has 0 saturated heterocycles. The van der Waals surface area contributed by atoms with E-state index in [4.69, 9.17) is 9.40 Å². The van der Waals surface area contributed by atoms with Crippen LogP contribution in [-0.2, 0) is 12.0 Å². The second-order valence-electron chi connectivity index (χ2n) is 6.47. The first-order valence-corrected chi connectivity index (χ1v) is 7.88. The molecule has 20 heavy (non-hydrogen) atoms. The van der Waals surface area contributed by atoms with Crippen molar-refractivity contribution in [2.45, 2.75) is 59.5 Å². The van der Waals surface area contributed by atoms with Crippen molar-refractivity contribution in [3.8, 4) is 10.6 Å². The van der Waals surface area contributed by atoms with E-state index in [1.807, 2.05) is 13.0 Å². The highest BCUT2D eigenvalue weighted by atomic mass is 32.1. The highest BCUT2D eigenvalue weighted by molar-refractivity contribution is 7.15. The number of aryl methyl sites for hydroxylation is 1. The quantitative estimate of drug-likeness (QED) is 0.901. The molecule has 2 aromatic rings. The maximum atomic E-state index is 5.40. The number of aromatic nitrogens is 1. The molecule has 0 aliphatic carbocycles. The summed E-state index contributed by atoms with van der Waals surface area (Å²) in [7, 11) is 0. The van der Waals surface area contributed by atoms with Gasteiger partial charge in [0.15, 0.2) is 0 Å². The van der Waals surface area contributed by atoms with Crippen molar-refractivity contribution in [2.24, 2.45) is 0 Å². The van der Waals surface area contributed by atoms with E-state index in [2.05, 4.69) is 39.9 Å². The van der Waals surface area contributed by atoms with E-state index < -0.39 is 0 Å². The minimum absolute atomic E-state index is 0.0559. The normalized spacial score (nSPS) is 12.3. The van der Waals surface area contributed by atoms with Gasteiger partial charge >= 0.3 is 0 Å². The molecule has 0 aliphatic heterocycles. The maximum absolute atomic E-state index is 5.40. The molecule has 0 atom stereocenters. The van der Waals surface area contributed by atoms with Gasteiger partial charge in [-0.1, -0.05) is 34.6 Å². The lowest BCUT2D eigenvalue weighted by Gasteiger charge is -2.18. The molecule has 0 saturated carbocycles. The monoisotopic (exact) mass is 292 g/mol. The van der Waals surface area contributed by atoms with Crippen LogP contribution in [-0.4, -0.2) is 11.0 Å². The second-order valence-corrected chi connectivity index (χ2v) is 7.55. The van der Waals surface area contributed by atoms with Gasteiger partial charge in [-0.3, -0.25) is 0 Å². The molecular formula is C16H24N2OS. The van der Waals surface area contributed by atoms with Crippen molar-refractivity contribution >= 4 is 11.3 Å². The van der Waals surface area contributed by atoms with Crippen LogP contribution < -0.4 is 5.32 Å². The molecule has 110 valence electrons. The van der Waals surface area contributed by atoms with Crippen molar-refractivity contribution in [3.63, 3.8) is 0 Å². The highest BCUT2D eigenvalue weighted by Crippen LogP contribution is 2.35. The molecule has 0 radical (unpaired) electrons. The Morgan fingerprint density at radius 3 is 2.55 bits per heavy atom. The molecule has 0 aromatic carbocycles. The van der Waals surface area contributed by atoms with E-state index in [-0.39, 0.29) is 5.41 Å². The third-order valence-corrected chi connectivity index (χ3v) is 4.26. The fourth-order valence-electron chi connectivity index (χ4n) is 2.08. The summed E-state index contributed by atoms with van der Waals surface area (Å²) in [5, 5.41) is 4.55. The number of nitrogens with zero attached hydrogens (tertiary/aromatic N) is 1. The van der Waals surface area contributed by atoms with Crippen LogP contribution in [0.25, 0.3) is 10.6 Å². The average molecular weight is 292 g/mol. The van der Waals surface area contributed by atoms with Gasteiger partial charge < -0.3 is 9.73 Å². The van der Waals surface area contributed by atoms with Gasteiger partial charge in [0.1, 0.15) is 10.8 Å². The van der Waals surface area contributed by atoms with E-state index >= 15 is 0 Å². The summed E-state index contributed by atoms with van der Waals surface area (Å²) < 4.78 is 5.40. The number of nitrogens with one attached hydrogen (secondary N) is 1. The van der Waals surface area contributed by atoms with Crippen molar-refractivity contribution < 1.29 is 4.42 Å². The zero-order chi connectivity index (χ0) is 14.9. The lowest BCUT2D eigenvalue weighted by molar-refractivity contribution is 0.535. The van der Waals surface area contributed by atoms with Crippen LogP contribution in [0.3, 0.4) is 0 Å². The average Bonchev–Trinajstić information content (AvgIpc) is 2.91. The summed E-state index contributed by atoms with van der Waals surface area (Å²) in [5.41, 5.74) is 2.35. The van der Waals surface area contributed by atoms with Gasteiger partial charge in [-0.2, -0.15) is 0 Å². The summed E-state index contributed by atoms with van der Waals surface area (Å²) in [4.78, 5) is 6.20. The van der Waals surface area contributed by atoms with Crippen molar-refractivity contribution in [1.82, 2.24) is 10.3 Å². The molecule has 3 nitrogen and oxygen atoms in total. The van der Waals surface area contributed by atoms with Crippen LogP contribution in [0.5, 0.6) is 0 Å². The molecule has 2 heterocycles. The number of furan rings is 1. The molecular weight excluding hydrogens is 268 g/mol. The zero-order valence-corrected chi connectivity index (χ0v) is 14.0. The lowest BCUT2D eigenvalue weighted by atomic mass is 9.91. The van der Waals surface area contributed by atoms with Crippen LogP contribution in [0.2, 0.25) is 0 Å². The van der Waals surface area contributed by atoms with Gasteiger partial charge in [0, 0.05) is 22.9 Å². The molecule has 0 spiro atoms. The molecule has 1 N–H and O–H groups in total. The fourth-order valence-corrected chi connectivity index (χ4v) is 3.37. The van der Waals surface area contributed by atoms with Crippen LogP contribution in [0.1, 0.15) is 51.0 Å². The molecule has 0 amide bonds. The Labute approximate surface area is 125 Å². The lowest BCUT2D eigenvalue weighted by Crippen LogP contribution is -2.23. The Balaban J connectivity index is 2.39. The molecule has 0 fully saturated rings. The highest BCUT2D eigenvalue weighted by Gasteiger charge is 2.24. The van der Waals surface area contributed by atoms with Gasteiger partial charge in [-0.15, -0.1) is 11.3 Å². The largest absolute Gasteiger partial charge is 0.469 e. The Bertz CT molecular complexity index is 576. The third kappa shape index (κ3) is 3.30. The van der Waals surface area contributed by atoms with Crippen LogP contribution >= 0.6 is 11.3 Å². The SMILES string of the molecule is Cc1occc1-c1nc(C(C)(C)C)c(CNC(C)C)s1. The number of hydrogen-bond donors (Lipinski definition) is 1. The van der Waals surface area contributed by atoms with Gasteiger partial charge in [0.2, 0.25) is 0 Å².